The lowest BCUT2D eigenvalue weighted by atomic mass is 9.96. The number of rotatable bonds is 5. The van der Waals surface area contributed by atoms with Crippen LogP contribution in [0.5, 0.6) is 0 Å². The molecule has 0 radical (unpaired) electrons. The van der Waals surface area contributed by atoms with Crippen molar-refractivity contribution in [1.29, 1.82) is 0 Å². The van der Waals surface area contributed by atoms with Crippen LogP contribution in [0.1, 0.15) is 25.1 Å². The van der Waals surface area contributed by atoms with E-state index in [-0.39, 0.29) is 6.61 Å². The largest absolute Gasteiger partial charge is 0.472 e. The lowest BCUT2D eigenvalue weighted by molar-refractivity contribution is -0.175. The van der Waals surface area contributed by atoms with E-state index < -0.39 is 43.1 Å². The van der Waals surface area contributed by atoms with E-state index in [1.165, 1.54) is 10.8 Å². The molecule has 0 saturated carbocycles. The SMILES string of the molecule is CC[C@]12CO[C@@H](C1OP(=O)(O)OC)[C@H](n1cc(C)c(=O)[nH]c1=O)O2. The van der Waals surface area contributed by atoms with E-state index in [2.05, 4.69) is 9.51 Å². The van der Waals surface area contributed by atoms with E-state index >= 15 is 0 Å². The summed E-state index contributed by atoms with van der Waals surface area (Å²) in [4.78, 5) is 35.5. The van der Waals surface area contributed by atoms with Crippen molar-refractivity contribution in [2.45, 2.75) is 44.3 Å². The molecule has 24 heavy (non-hydrogen) atoms. The normalized spacial score (nSPS) is 34.4. The molecule has 2 fully saturated rings. The van der Waals surface area contributed by atoms with Crippen LogP contribution in [0, 0.1) is 6.92 Å². The quantitative estimate of drug-likeness (QED) is 0.703. The van der Waals surface area contributed by atoms with Crippen LogP contribution in [0.3, 0.4) is 0 Å². The van der Waals surface area contributed by atoms with Gasteiger partial charge in [-0.1, -0.05) is 6.92 Å². The van der Waals surface area contributed by atoms with Crippen molar-refractivity contribution in [3.8, 4) is 0 Å². The molecule has 2 unspecified atom stereocenters. The minimum atomic E-state index is -4.27. The Morgan fingerprint density at radius 1 is 1.54 bits per heavy atom. The third-order valence-corrected chi connectivity index (χ3v) is 5.42. The molecule has 2 aliphatic rings. The second-order valence-electron chi connectivity index (χ2n) is 5.86. The molecule has 2 saturated heterocycles. The van der Waals surface area contributed by atoms with Crippen molar-refractivity contribution < 1.29 is 28.0 Å². The van der Waals surface area contributed by atoms with Gasteiger partial charge in [-0.05, 0) is 13.3 Å². The highest BCUT2D eigenvalue weighted by molar-refractivity contribution is 7.47. The summed E-state index contributed by atoms with van der Waals surface area (Å²) >= 11 is 0. The highest BCUT2D eigenvalue weighted by Crippen LogP contribution is 2.54. The number of hydrogen-bond donors (Lipinski definition) is 2. The number of nitrogens with one attached hydrogen (secondary N) is 1. The van der Waals surface area contributed by atoms with Crippen LogP contribution in [0.25, 0.3) is 0 Å². The fraction of sp³-hybridized carbons (Fsp3) is 0.692. The molecule has 3 rings (SSSR count). The molecule has 0 aliphatic carbocycles. The fourth-order valence-corrected chi connectivity index (χ4v) is 3.75. The molecular weight excluding hydrogens is 343 g/mol. The summed E-state index contributed by atoms with van der Waals surface area (Å²) in [5, 5.41) is 0. The lowest BCUT2D eigenvalue weighted by Gasteiger charge is -2.30. The molecule has 2 N–H and O–H groups in total. The molecule has 2 aliphatic heterocycles. The summed E-state index contributed by atoms with van der Waals surface area (Å²) in [7, 11) is -3.20. The summed E-state index contributed by atoms with van der Waals surface area (Å²) in [6.45, 7) is 3.54. The number of aromatic nitrogens is 2. The third-order valence-electron chi connectivity index (χ3n) is 4.47. The van der Waals surface area contributed by atoms with E-state index in [1.54, 1.807) is 6.92 Å². The first-order valence-corrected chi connectivity index (χ1v) is 8.91. The predicted octanol–water partition coefficient (Wildman–Crippen LogP) is 0.0534. The van der Waals surface area contributed by atoms with Gasteiger partial charge in [0.1, 0.15) is 17.8 Å². The topological polar surface area (TPSA) is 129 Å². The van der Waals surface area contributed by atoms with Gasteiger partial charge in [-0.15, -0.1) is 0 Å². The number of hydrogen-bond acceptors (Lipinski definition) is 7. The van der Waals surface area contributed by atoms with Crippen molar-refractivity contribution in [1.82, 2.24) is 9.55 Å². The zero-order valence-electron chi connectivity index (χ0n) is 13.4. The number of nitrogens with zero attached hydrogens (tertiary/aromatic N) is 1. The molecule has 0 spiro atoms. The van der Waals surface area contributed by atoms with E-state index in [0.717, 1.165) is 7.11 Å². The van der Waals surface area contributed by atoms with Crippen LogP contribution in [0.2, 0.25) is 0 Å². The van der Waals surface area contributed by atoms with Gasteiger partial charge in [-0.25, -0.2) is 9.36 Å². The molecular formula is C13H19N2O8P. The molecule has 10 nitrogen and oxygen atoms in total. The van der Waals surface area contributed by atoms with Crippen molar-refractivity contribution in [3.63, 3.8) is 0 Å². The Morgan fingerprint density at radius 3 is 2.88 bits per heavy atom. The van der Waals surface area contributed by atoms with Gasteiger partial charge in [-0.3, -0.25) is 23.4 Å². The minimum Gasteiger partial charge on any atom is -0.368 e. The van der Waals surface area contributed by atoms with Crippen molar-refractivity contribution in [2.24, 2.45) is 0 Å². The summed E-state index contributed by atoms with van der Waals surface area (Å²) in [5.74, 6) is 0. The van der Waals surface area contributed by atoms with Gasteiger partial charge < -0.3 is 14.4 Å². The Balaban J connectivity index is 2.00. The number of phosphoric ester groups is 1. The second kappa shape index (κ2) is 5.91. The van der Waals surface area contributed by atoms with Crippen molar-refractivity contribution in [2.75, 3.05) is 13.7 Å². The molecule has 11 heteroatoms. The summed E-state index contributed by atoms with van der Waals surface area (Å²) in [6, 6.07) is 0. The minimum absolute atomic E-state index is 0.163. The Labute approximate surface area is 136 Å². The molecule has 134 valence electrons. The lowest BCUT2D eigenvalue weighted by Crippen LogP contribution is -2.42. The maximum absolute atomic E-state index is 12.1. The molecule has 0 aromatic carbocycles. The van der Waals surface area contributed by atoms with Crippen LogP contribution in [0.4, 0.5) is 0 Å². The molecule has 0 amide bonds. The first kappa shape index (κ1) is 17.5. The van der Waals surface area contributed by atoms with Gasteiger partial charge in [0.25, 0.3) is 5.56 Å². The molecule has 5 atom stereocenters. The number of H-pyrrole nitrogens is 1. The standard InChI is InChI=1S/C13H19N2O8P/c1-4-13-6-21-8(9(13)23-24(18,19)20-3)11(22-13)15-5-7(2)10(16)14-12(15)17/h5,8-9,11H,4,6H2,1-3H3,(H,18,19)(H,14,16,17)/t8-,9?,11+,13-/m0/s1. The number of phosphoric acid groups is 1. The zero-order valence-corrected chi connectivity index (χ0v) is 14.3. The van der Waals surface area contributed by atoms with Gasteiger partial charge in [0.2, 0.25) is 0 Å². The average molecular weight is 362 g/mol. The fourth-order valence-electron chi connectivity index (χ4n) is 3.07. The van der Waals surface area contributed by atoms with E-state index in [1.807, 2.05) is 6.92 Å². The summed E-state index contributed by atoms with van der Waals surface area (Å²) in [5.41, 5.74) is -1.79. The van der Waals surface area contributed by atoms with Crippen LogP contribution >= 0.6 is 7.82 Å². The van der Waals surface area contributed by atoms with Gasteiger partial charge in [0, 0.05) is 18.9 Å². The maximum atomic E-state index is 12.1. The monoisotopic (exact) mass is 362 g/mol. The predicted molar refractivity (Wildman–Crippen MR) is 80.7 cm³/mol. The molecule has 1 aromatic rings. The summed E-state index contributed by atoms with van der Waals surface area (Å²) < 4.78 is 34.3. The number of aromatic amines is 1. The zero-order chi connectivity index (χ0) is 17.7. The Kier molecular flexibility index (Phi) is 4.31. The Morgan fingerprint density at radius 2 is 2.25 bits per heavy atom. The van der Waals surface area contributed by atoms with Crippen molar-refractivity contribution in [3.05, 3.63) is 32.6 Å². The number of aryl methyl sites for hydroxylation is 1. The first-order chi connectivity index (χ1) is 11.2. The van der Waals surface area contributed by atoms with Gasteiger partial charge in [-0.2, -0.15) is 0 Å². The Hall–Kier alpha value is -1.29. The first-order valence-electron chi connectivity index (χ1n) is 7.41. The van der Waals surface area contributed by atoms with Crippen molar-refractivity contribution >= 4 is 7.82 Å². The summed E-state index contributed by atoms with van der Waals surface area (Å²) in [6.07, 6.45) is -0.758. The van der Waals surface area contributed by atoms with Crippen LogP contribution in [-0.4, -0.2) is 46.0 Å². The maximum Gasteiger partial charge on any atom is 0.472 e. The van der Waals surface area contributed by atoms with E-state index in [9.17, 15) is 19.0 Å². The van der Waals surface area contributed by atoms with Gasteiger partial charge >= 0.3 is 13.5 Å². The third kappa shape index (κ3) is 2.69. The van der Waals surface area contributed by atoms with Gasteiger partial charge in [0.15, 0.2) is 6.23 Å². The van der Waals surface area contributed by atoms with E-state index in [4.69, 9.17) is 14.0 Å². The van der Waals surface area contributed by atoms with Gasteiger partial charge in [0.05, 0.1) is 6.61 Å². The highest BCUT2D eigenvalue weighted by atomic mass is 31.2. The second-order valence-corrected chi connectivity index (χ2v) is 7.37. The number of fused-ring (bicyclic) bond motifs is 2. The van der Waals surface area contributed by atoms with E-state index in [0.29, 0.717) is 12.0 Å². The van der Waals surface area contributed by atoms with Crippen LogP contribution in [0.15, 0.2) is 15.8 Å². The average Bonchev–Trinajstić information content (AvgIpc) is 3.03. The van der Waals surface area contributed by atoms with Crippen LogP contribution in [-0.2, 0) is 23.1 Å². The molecule has 3 heterocycles. The van der Waals surface area contributed by atoms with Crippen LogP contribution < -0.4 is 11.2 Å². The molecule has 2 bridgehead atoms. The highest BCUT2D eigenvalue weighted by Gasteiger charge is 2.63. The number of ether oxygens (including phenoxy) is 2. The Bertz CT molecular complexity index is 804. The smallest absolute Gasteiger partial charge is 0.368 e. The molecule has 1 aromatic heterocycles.